The van der Waals surface area contributed by atoms with E-state index in [-0.39, 0.29) is 0 Å². The third-order valence-electron chi connectivity index (χ3n) is 5.47. The van der Waals surface area contributed by atoms with Gasteiger partial charge in [0.25, 0.3) is 0 Å². The summed E-state index contributed by atoms with van der Waals surface area (Å²) in [5, 5.41) is 8.66. The first-order valence-corrected chi connectivity index (χ1v) is 10.0. The topological polar surface area (TPSA) is 49.3 Å². The summed E-state index contributed by atoms with van der Waals surface area (Å²) >= 11 is 5.68. The number of hydrogen-bond acceptors (Lipinski definition) is 4. The van der Waals surface area contributed by atoms with Gasteiger partial charge in [0.05, 0.1) is 18.8 Å². The Bertz CT molecular complexity index is 1020. The van der Waals surface area contributed by atoms with E-state index in [1.165, 1.54) is 34.4 Å². The number of aryl methyl sites for hydroxylation is 2. The average Bonchev–Trinajstić information content (AvgIpc) is 3.49. The molecule has 2 aromatic carbocycles. The molecule has 0 bridgehead atoms. The van der Waals surface area contributed by atoms with Gasteiger partial charge in [0.2, 0.25) is 4.77 Å². The summed E-state index contributed by atoms with van der Waals surface area (Å²) in [6.45, 7) is 5.86. The Balaban J connectivity index is 1.54. The van der Waals surface area contributed by atoms with Crippen molar-refractivity contribution < 1.29 is 9.64 Å². The fourth-order valence-corrected chi connectivity index (χ4v) is 3.65. The molecule has 7 heteroatoms. The Labute approximate surface area is 170 Å². The zero-order valence-electron chi connectivity index (χ0n) is 16.6. The van der Waals surface area contributed by atoms with Crippen LogP contribution >= 0.6 is 12.2 Å². The molecule has 1 aliphatic carbocycles. The summed E-state index contributed by atoms with van der Waals surface area (Å²) in [5.41, 5.74) is 4.73. The minimum atomic E-state index is 0.635. The maximum Gasteiger partial charge on any atom is 0.225 e. The summed E-state index contributed by atoms with van der Waals surface area (Å²) < 4.78 is 9.49. The van der Waals surface area contributed by atoms with Gasteiger partial charge in [-0.05, 0) is 84.0 Å². The third-order valence-corrected chi connectivity index (χ3v) is 5.86. The summed E-state index contributed by atoms with van der Waals surface area (Å²) in [5.74, 6) is 0.885. The van der Waals surface area contributed by atoms with Gasteiger partial charge in [-0.25, -0.2) is 0 Å². The van der Waals surface area contributed by atoms with Crippen molar-refractivity contribution in [2.24, 2.45) is 0 Å². The first-order chi connectivity index (χ1) is 13.5. The van der Waals surface area contributed by atoms with Gasteiger partial charge in [-0.3, -0.25) is 0 Å². The Morgan fingerprint density at radius 2 is 1.82 bits per heavy atom. The van der Waals surface area contributed by atoms with E-state index in [9.17, 15) is 0 Å². The van der Waals surface area contributed by atoms with Crippen molar-refractivity contribution >= 4 is 12.2 Å². The van der Waals surface area contributed by atoms with Crippen LogP contribution in [0.1, 0.15) is 29.5 Å². The summed E-state index contributed by atoms with van der Waals surface area (Å²) in [6.07, 6.45) is 2.51. The number of ether oxygens (including phenoxy) is 1. The average molecular weight is 397 g/mol. The highest BCUT2D eigenvalue weighted by Gasteiger charge is 2.34. The van der Waals surface area contributed by atoms with Crippen molar-refractivity contribution in [3.63, 3.8) is 0 Å². The molecule has 0 amide bonds. The number of methoxy groups -OCH3 is 1. The third kappa shape index (κ3) is 4.00. The van der Waals surface area contributed by atoms with Crippen molar-refractivity contribution in [1.82, 2.24) is 19.8 Å². The summed E-state index contributed by atoms with van der Waals surface area (Å²) in [4.78, 5) is 1.47. The van der Waals surface area contributed by atoms with Crippen LogP contribution in [0.25, 0.3) is 5.69 Å². The van der Waals surface area contributed by atoms with Crippen LogP contribution in [0.15, 0.2) is 42.5 Å². The molecule has 3 aromatic rings. The number of nitrogens with zero attached hydrogens (tertiary/aromatic N) is 4. The van der Waals surface area contributed by atoms with Gasteiger partial charge in [0, 0.05) is 18.4 Å². The molecule has 146 valence electrons. The van der Waals surface area contributed by atoms with Gasteiger partial charge in [0.1, 0.15) is 12.3 Å². The van der Waals surface area contributed by atoms with Crippen molar-refractivity contribution in [2.75, 3.05) is 7.11 Å². The lowest BCUT2D eigenvalue weighted by atomic mass is 10.1. The molecule has 1 aromatic heterocycles. The quantitative estimate of drug-likeness (QED) is 0.624. The van der Waals surface area contributed by atoms with E-state index < -0.39 is 0 Å². The monoisotopic (exact) mass is 396 g/mol. The number of benzene rings is 2. The van der Waals surface area contributed by atoms with E-state index >= 15 is 0 Å². The first kappa shape index (κ1) is 18.8. The van der Waals surface area contributed by atoms with Crippen LogP contribution in [0.4, 0.5) is 0 Å². The first-order valence-electron chi connectivity index (χ1n) is 9.63. The number of aromatic nitrogens is 4. The fraction of sp³-hybridized carbons (Fsp3) is 0.381. The predicted octanol–water partition coefficient (Wildman–Crippen LogP) is 2.63. The lowest BCUT2D eigenvalue weighted by Crippen LogP contribution is -3.11. The predicted molar refractivity (Wildman–Crippen MR) is 110 cm³/mol. The summed E-state index contributed by atoms with van der Waals surface area (Å²) in [7, 11) is 1.69. The van der Waals surface area contributed by atoms with Gasteiger partial charge >= 0.3 is 0 Å². The Morgan fingerprint density at radius 3 is 2.46 bits per heavy atom. The van der Waals surface area contributed by atoms with Gasteiger partial charge < -0.3 is 9.64 Å². The van der Waals surface area contributed by atoms with E-state index in [2.05, 4.69) is 48.5 Å². The van der Waals surface area contributed by atoms with Crippen LogP contribution in [-0.2, 0) is 13.2 Å². The molecule has 4 rings (SSSR count). The van der Waals surface area contributed by atoms with Gasteiger partial charge in [0.15, 0.2) is 6.67 Å². The highest BCUT2D eigenvalue weighted by Crippen LogP contribution is 2.17. The van der Waals surface area contributed by atoms with Gasteiger partial charge in [-0.1, -0.05) is 6.07 Å². The number of hydrogen-bond donors (Lipinski definition) is 1. The fourth-order valence-electron chi connectivity index (χ4n) is 3.41. The minimum absolute atomic E-state index is 0.635. The molecule has 0 saturated heterocycles. The largest absolute Gasteiger partial charge is 0.497 e. The molecule has 0 spiro atoms. The molecule has 1 N–H and O–H groups in total. The number of tetrazole rings is 1. The number of rotatable bonds is 7. The molecule has 1 heterocycles. The minimum Gasteiger partial charge on any atom is -0.497 e. The summed E-state index contributed by atoms with van der Waals surface area (Å²) in [6, 6.07) is 15.2. The molecule has 1 unspecified atom stereocenters. The van der Waals surface area contributed by atoms with E-state index in [0.29, 0.717) is 10.8 Å². The lowest BCUT2D eigenvalue weighted by Gasteiger charge is -2.18. The van der Waals surface area contributed by atoms with Gasteiger partial charge in [-0.2, -0.15) is 9.36 Å². The van der Waals surface area contributed by atoms with Crippen LogP contribution in [0.3, 0.4) is 0 Å². The number of nitrogens with one attached hydrogen (secondary N) is 1. The molecule has 0 radical (unpaired) electrons. The van der Waals surface area contributed by atoms with Crippen molar-refractivity contribution in [1.29, 1.82) is 0 Å². The molecular formula is C21H26N5OS+. The van der Waals surface area contributed by atoms with Crippen LogP contribution in [0, 0.1) is 18.6 Å². The molecule has 1 aliphatic rings. The lowest BCUT2D eigenvalue weighted by molar-refractivity contribution is -0.947. The highest BCUT2D eigenvalue weighted by atomic mass is 32.1. The zero-order chi connectivity index (χ0) is 19.7. The molecule has 1 atom stereocenters. The van der Waals surface area contributed by atoms with Crippen LogP contribution in [-0.4, -0.2) is 32.9 Å². The second kappa shape index (κ2) is 7.85. The van der Waals surface area contributed by atoms with E-state index in [0.717, 1.165) is 24.7 Å². The smallest absolute Gasteiger partial charge is 0.225 e. The molecule has 1 saturated carbocycles. The maximum atomic E-state index is 5.68. The van der Waals surface area contributed by atoms with Crippen molar-refractivity contribution in [3.05, 3.63) is 63.9 Å². The second-order valence-electron chi connectivity index (χ2n) is 7.56. The Hall–Kier alpha value is -2.51. The number of quaternary nitrogens is 1. The van der Waals surface area contributed by atoms with E-state index in [1.807, 2.05) is 22.9 Å². The van der Waals surface area contributed by atoms with E-state index in [4.69, 9.17) is 17.0 Å². The van der Waals surface area contributed by atoms with Gasteiger partial charge in [-0.15, -0.1) is 0 Å². The van der Waals surface area contributed by atoms with E-state index in [1.54, 1.807) is 11.8 Å². The normalized spacial score (nSPS) is 14.8. The molecule has 28 heavy (non-hydrogen) atoms. The highest BCUT2D eigenvalue weighted by molar-refractivity contribution is 7.71. The Morgan fingerprint density at radius 1 is 1.07 bits per heavy atom. The molecular weight excluding hydrogens is 370 g/mol. The van der Waals surface area contributed by atoms with Crippen LogP contribution in [0.2, 0.25) is 0 Å². The standard InChI is InChI=1S/C21H25N5OS/c1-15-4-7-19(12-16(15)2)26-21(28)25(22-23-26)14-24(18-8-9-18)13-17-5-10-20(27-3)11-6-17/h4-7,10-12,18H,8-9,13-14H2,1-3H3/p+1. The molecule has 6 nitrogen and oxygen atoms in total. The maximum absolute atomic E-state index is 5.68. The van der Waals surface area contributed by atoms with Crippen molar-refractivity contribution in [3.8, 4) is 11.4 Å². The van der Waals surface area contributed by atoms with Crippen LogP contribution in [0.5, 0.6) is 5.75 Å². The Kier molecular flexibility index (Phi) is 5.28. The zero-order valence-corrected chi connectivity index (χ0v) is 17.4. The van der Waals surface area contributed by atoms with Crippen LogP contribution < -0.4 is 9.64 Å². The second-order valence-corrected chi connectivity index (χ2v) is 7.92. The molecule has 0 aliphatic heterocycles. The SMILES string of the molecule is COc1ccc(C[NH+](Cn2nnn(-c3ccc(C)c(C)c3)c2=S)C2CC2)cc1. The molecule has 1 fully saturated rings. The van der Waals surface area contributed by atoms with Crippen molar-refractivity contribution in [2.45, 2.75) is 45.9 Å².